The number of sulfonamides is 1. The Morgan fingerprint density at radius 3 is 2.68 bits per heavy atom. The smallest absolute Gasteiger partial charge is 0.339 e. The molecule has 25 heavy (non-hydrogen) atoms. The zero-order valence-electron chi connectivity index (χ0n) is 14.0. The fourth-order valence-corrected chi connectivity index (χ4v) is 4.78. The van der Waals surface area contributed by atoms with Crippen LogP contribution < -0.4 is 4.31 Å². The van der Waals surface area contributed by atoms with Crippen molar-refractivity contribution in [1.29, 1.82) is 0 Å². The average Bonchev–Trinajstić information content (AvgIpc) is 2.60. The predicted molar refractivity (Wildman–Crippen MR) is 91.8 cm³/mol. The van der Waals surface area contributed by atoms with Gasteiger partial charge in [-0.05, 0) is 49.6 Å². The van der Waals surface area contributed by atoms with Crippen LogP contribution in [0.25, 0.3) is 0 Å². The van der Waals surface area contributed by atoms with Gasteiger partial charge in [0, 0.05) is 6.54 Å². The molecule has 0 radical (unpaired) electrons. The van der Waals surface area contributed by atoms with Crippen molar-refractivity contribution in [3.05, 3.63) is 58.9 Å². The monoisotopic (exact) mass is 363 g/mol. The van der Waals surface area contributed by atoms with Crippen molar-refractivity contribution in [3.8, 4) is 0 Å². The molecule has 5 nitrogen and oxygen atoms in total. The molecule has 0 aliphatic carbocycles. The predicted octanol–water partition coefficient (Wildman–Crippen LogP) is 3.06. The van der Waals surface area contributed by atoms with Gasteiger partial charge >= 0.3 is 5.97 Å². The normalized spacial score (nSPS) is 14.1. The first-order valence-electron chi connectivity index (χ1n) is 7.84. The number of carbonyl (C=O) groups excluding carboxylic acids is 1. The van der Waals surface area contributed by atoms with Crippen LogP contribution in [0.3, 0.4) is 0 Å². The van der Waals surface area contributed by atoms with Crippen molar-refractivity contribution in [1.82, 2.24) is 0 Å². The lowest BCUT2D eigenvalue weighted by Gasteiger charge is -2.31. The van der Waals surface area contributed by atoms with Crippen molar-refractivity contribution in [2.75, 3.05) is 18.0 Å². The highest BCUT2D eigenvalue weighted by atomic mass is 32.2. The highest BCUT2D eigenvalue weighted by Gasteiger charge is 2.33. The number of nitrogens with zero attached hydrogens (tertiary/aromatic N) is 1. The number of ether oxygens (including phenoxy) is 1. The third-order valence-electron chi connectivity index (χ3n) is 4.23. The second-order valence-electron chi connectivity index (χ2n) is 5.94. The minimum absolute atomic E-state index is 0.178. The highest BCUT2D eigenvalue weighted by molar-refractivity contribution is 7.93. The molecule has 1 aliphatic rings. The number of benzene rings is 2. The molecule has 7 heteroatoms. The van der Waals surface area contributed by atoms with E-state index in [4.69, 9.17) is 0 Å². The summed E-state index contributed by atoms with van der Waals surface area (Å²) in [5.74, 6) is -1.55. The lowest BCUT2D eigenvalue weighted by Crippen LogP contribution is -2.36. The summed E-state index contributed by atoms with van der Waals surface area (Å²) in [4.78, 5) is 11.6. The van der Waals surface area contributed by atoms with Gasteiger partial charge in [0.1, 0.15) is 10.7 Å². The molecule has 0 unspecified atom stereocenters. The SMILES string of the molecule is COC(=O)c1ccc(F)cc1S(=O)(=O)N1CCCc2cc(C)ccc21. The van der Waals surface area contributed by atoms with E-state index in [9.17, 15) is 17.6 Å². The highest BCUT2D eigenvalue weighted by Crippen LogP contribution is 2.33. The molecule has 132 valence electrons. The number of halogens is 1. The Labute approximate surface area is 146 Å². The maximum absolute atomic E-state index is 13.7. The van der Waals surface area contributed by atoms with E-state index in [0.29, 0.717) is 12.1 Å². The van der Waals surface area contributed by atoms with E-state index >= 15 is 0 Å². The summed E-state index contributed by atoms with van der Waals surface area (Å²) in [7, 11) is -2.95. The van der Waals surface area contributed by atoms with Crippen LogP contribution in [0.1, 0.15) is 27.9 Å². The third-order valence-corrected chi connectivity index (χ3v) is 6.08. The number of aryl methyl sites for hydroxylation is 2. The van der Waals surface area contributed by atoms with Gasteiger partial charge in [-0.2, -0.15) is 0 Å². The Kier molecular flexibility index (Phi) is 4.51. The summed E-state index contributed by atoms with van der Waals surface area (Å²) in [5.41, 5.74) is 2.35. The van der Waals surface area contributed by atoms with Gasteiger partial charge in [0.25, 0.3) is 10.0 Å². The first-order chi connectivity index (χ1) is 11.8. The van der Waals surface area contributed by atoms with Gasteiger partial charge in [-0.1, -0.05) is 17.7 Å². The maximum Gasteiger partial charge on any atom is 0.339 e. The van der Waals surface area contributed by atoms with E-state index in [1.807, 2.05) is 19.1 Å². The van der Waals surface area contributed by atoms with E-state index in [2.05, 4.69) is 4.74 Å². The van der Waals surface area contributed by atoms with Gasteiger partial charge in [-0.3, -0.25) is 4.31 Å². The van der Waals surface area contributed by atoms with Crippen LogP contribution in [0.5, 0.6) is 0 Å². The van der Waals surface area contributed by atoms with E-state index in [-0.39, 0.29) is 17.0 Å². The molecule has 0 saturated carbocycles. The van der Waals surface area contributed by atoms with E-state index in [1.54, 1.807) is 6.07 Å². The topological polar surface area (TPSA) is 63.7 Å². The number of carbonyl (C=O) groups is 1. The van der Waals surface area contributed by atoms with Gasteiger partial charge in [0.15, 0.2) is 0 Å². The largest absolute Gasteiger partial charge is 0.465 e. The standard InChI is InChI=1S/C18H18FNO4S/c1-12-5-8-16-13(10-12)4-3-9-20(16)25(22,23)17-11-14(19)6-7-15(17)18(21)24-2/h5-8,10-11H,3-4,9H2,1-2H3. The number of fused-ring (bicyclic) bond motifs is 1. The van der Waals surface area contributed by atoms with Crippen molar-refractivity contribution < 1.29 is 22.3 Å². The second kappa shape index (κ2) is 6.48. The lowest BCUT2D eigenvalue weighted by molar-refractivity contribution is 0.0596. The first kappa shape index (κ1) is 17.4. The molecule has 2 aromatic rings. The van der Waals surface area contributed by atoms with Crippen molar-refractivity contribution in [3.63, 3.8) is 0 Å². The van der Waals surface area contributed by atoms with Gasteiger partial charge < -0.3 is 4.74 Å². The Hall–Kier alpha value is -2.41. The Morgan fingerprint density at radius 1 is 1.20 bits per heavy atom. The summed E-state index contributed by atoms with van der Waals surface area (Å²) in [6, 6.07) is 8.57. The minimum atomic E-state index is -4.10. The molecule has 2 aromatic carbocycles. The van der Waals surface area contributed by atoms with Crippen LogP contribution in [-0.2, 0) is 21.2 Å². The number of methoxy groups -OCH3 is 1. The summed E-state index contributed by atoms with van der Waals surface area (Å²) >= 11 is 0. The van der Waals surface area contributed by atoms with Crippen LogP contribution in [0.15, 0.2) is 41.3 Å². The van der Waals surface area contributed by atoms with Crippen LogP contribution in [0, 0.1) is 12.7 Å². The molecule has 0 bridgehead atoms. The van der Waals surface area contributed by atoms with Crippen molar-refractivity contribution >= 4 is 21.7 Å². The van der Waals surface area contributed by atoms with Crippen LogP contribution in [0.4, 0.5) is 10.1 Å². The average molecular weight is 363 g/mol. The number of anilines is 1. The summed E-state index contributed by atoms with van der Waals surface area (Å²) in [5, 5.41) is 0. The molecule has 0 aromatic heterocycles. The maximum atomic E-state index is 13.7. The first-order valence-corrected chi connectivity index (χ1v) is 9.29. The number of rotatable bonds is 3. The van der Waals surface area contributed by atoms with E-state index < -0.39 is 21.8 Å². The Morgan fingerprint density at radius 2 is 1.96 bits per heavy atom. The Balaban J connectivity index is 2.16. The van der Waals surface area contributed by atoms with Crippen LogP contribution in [0.2, 0.25) is 0 Å². The molecular weight excluding hydrogens is 345 g/mol. The molecule has 0 saturated heterocycles. The van der Waals surface area contributed by atoms with Crippen LogP contribution >= 0.6 is 0 Å². The van der Waals surface area contributed by atoms with Gasteiger partial charge in [-0.15, -0.1) is 0 Å². The summed E-state index contributed by atoms with van der Waals surface area (Å²) < 4.78 is 46.0. The van der Waals surface area contributed by atoms with Gasteiger partial charge in [0.05, 0.1) is 18.4 Å². The van der Waals surface area contributed by atoms with Crippen LogP contribution in [-0.4, -0.2) is 28.0 Å². The molecule has 0 N–H and O–H groups in total. The van der Waals surface area contributed by atoms with E-state index in [1.165, 1.54) is 4.31 Å². The molecule has 0 atom stereocenters. The molecule has 1 aliphatic heterocycles. The number of hydrogen-bond donors (Lipinski definition) is 0. The molecule has 0 fully saturated rings. The molecule has 0 spiro atoms. The fraction of sp³-hybridized carbons (Fsp3) is 0.278. The fourth-order valence-electron chi connectivity index (χ4n) is 3.05. The zero-order chi connectivity index (χ0) is 18.2. The van der Waals surface area contributed by atoms with Crippen molar-refractivity contribution in [2.24, 2.45) is 0 Å². The lowest BCUT2D eigenvalue weighted by atomic mass is 10.0. The minimum Gasteiger partial charge on any atom is -0.465 e. The Bertz CT molecular complexity index is 940. The second-order valence-corrected chi connectivity index (χ2v) is 7.78. The molecule has 0 amide bonds. The quantitative estimate of drug-likeness (QED) is 0.786. The molecule has 1 heterocycles. The summed E-state index contributed by atoms with van der Waals surface area (Å²) in [6.45, 7) is 2.21. The summed E-state index contributed by atoms with van der Waals surface area (Å²) in [6.07, 6.45) is 1.43. The third kappa shape index (κ3) is 3.11. The van der Waals surface area contributed by atoms with Crippen molar-refractivity contribution in [2.45, 2.75) is 24.7 Å². The number of esters is 1. The molecular formula is C18H18FNO4S. The number of hydrogen-bond acceptors (Lipinski definition) is 4. The van der Waals surface area contributed by atoms with E-state index in [0.717, 1.165) is 42.9 Å². The zero-order valence-corrected chi connectivity index (χ0v) is 14.8. The molecule has 3 rings (SSSR count). The van der Waals surface area contributed by atoms with Gasteiger partial charge in [0.2, 0.25) is 0 Å². The van der Waals surface area contributed by atoms with Gasteiger partial charge in [-0.25, -0.2) is 17.6 Å².